The van der Waals surface area contributed by atoms with E-state index in [1.807, 2.05) is 0 Å². The van der Waals surface area contributed by atoms with Crippen LogP contribution in [0.25, 0.3) is 11.1 Å². The van der Waals surface area contributed by atoms with Crippen molar-refractivity contribution in [3.8, 4) is 11.1 Å². The van der Waals surface area contributed by atoms with Gasteiger partial charge < -0.3 is 0 Å². The molecule has 0 aliphatic heterocycles. The van der Waals surface area contributed by atoms with Gasteiger partial charge >= 0.3 is 0 Å². The largest absolute Gasteiger partial charge is 0.206 e. The summed E-state index contributed by atoms with van der Waals surface area (Å²) < 4.78 is 27.5. The highest BCUT2D eigenvalue weighted by atomic mass is 79.9. The van der Waals surface area contributed by atoms with Gasteiger partial charge in [0.25, 0.3) is 0 Å². The molecule has 1 radical (unpaired) electrons. The van der Waals surface area contributed by atoms with Gasteiger partial charge in [-0.3, -0.25) is 0 Å². The van der Waals surface area contributed by atoms with Gasteiger partial charge in [0, 0.05) is 9.50 Å². The molecule has 0 aromatic heterocycles. The molecular formula is C12H5BrClF2. The maximum Gasteiger partial charge on any atom is 0.135 e. The summed E-state index contributed by atoms with van der Waals surface area (Å²) in [6.07, 6.45) is 0. The highest BCUT2D eigenvalue weighted by Gasteiger charge is 2.12. The van der Waals surface area contributed by atoms with Gasteiger partial charge in [0.05, 0.1) is 5.56 Å². The second kappa shape index (κ2) is 4.52. The average Bonchev–Trinajstić information content (AvgIpc) is 2.15. The first kappa shape index (κ1) is 11.6. The Morgan fingerprint density at radius 3 is 2.31 bits per heavy atom. The van der Waals surface area contributed by atoms with Crippen molar-refractivity contribution in [2.24, 2.45) is 0 Å². The van der Waals surface area contributed by atoms with Crippen molar-refractivity contribution in [3.05, 3.63) is 57.5 Å². The van der Waals surface area contributed by atoms with Crippen molar-refractivity contribution in [1.29, 1.82) is 0 Å². The van der Waals surface area contributed by atoms with Crippen molar-refractivity contribution in [2.45, 2.75) is 0 Å². The summed E-state index contributed by atoms with van der Waals surface area (Å²) in [6.45, 7) is 0. The van der Waals surface area contributed by atoms with Gasteiger partial charge in [-0.05, 0) is 35.9 Å². The number of hydrogen-bond acceptors (Lipinski definition) is 0. The topological polar surface area (TPSA) is 0 Å². The molecule has 81 valence electrons. The fourth-order valence-corrected chi connectivity index (χ4v) is 1.96. The van der Waals surface area contributed by atoms with Crippen LogP contribution >= 0.6 is 27.5 Å². The Bertz CT molecular complexity index is 517. The molecule has 2 aromatic carbocycles. The van der Waals surface area contributed by atoms with Crippen LogP contribution in [-0.4, -0.2) is 0 Å². The van der Waals surface area contributed by atoms with Crippen molar-refractivity contribution < 1.29 is 8.78 Å². The zero-order chi connectivity index (χ0) is 11.7. The second-order valence-corrected chi connectivity index (χ2v) is 4.52. The summed E-state index contributed by atoms with van der Waals surface area (Å²) in [6, 6.07) is 9.74. The van der Waals surface area contributed by atoms with Crippen LogP contribution in [0.5, 0.6) is 0 Å². The molecule has 0 saturated heterocycles. The summed E-state index contributed by atoms with van der Waals surface area (Å²) in [5.74, 6) is -1.30. The summed E-state index contributed by atoms with van der Waals surface area (Å²) in [5, 5.41) is 0.412. The average molecular weight is 303 g/mol. The molecular weight excluding hydrogens is 297 g/mol. The van der Waals surface area contributed by atoms with E-state index in [4.69, 9.17) is 11.6 Å². The first-order valence-corrected chi connectivity index (χ1v) is 5.57. The van der Waals surface area contributed by atoms with Crippen LogP contribution < -0.4 is 0 Å². The SMILES string of the molecule is Fc1cc(Br)cc(F)c1-c1[c]ccc(Cl)c1. The lowest BCUT2D eigenvalue weighted by molar-refractivity contribution is 0.588. The third-order valence-electron chi connectivity index (χ3n) is 2.04. The molecule has 2 rings (SSSR count). The molecule has 0 bridgehead atoms. The van der Waals surface area contributed by atoms with E-state index < -0.39 is 11.6 Å². The van der Waals surface area contributed by atoms with Crippen LogP contribution in [0.15, 0.2) is 34.8 Å². The first-order chi connectivity index (χ1) is 7.58. The van der Waals surface area contributed by atoms with Gasteiger partial charge in [0.1, 0.15) is 11.6 Å². The number of rotatable bonds is 1. The normalized spacial score (nSPS) is 10.5. The van der Waals surface area contributed by atoms with Gasteiger partial charge in [0.2, 0.25) is 0 Å². The molecule has 2 aromatic rings. The molecule has 0 aliphatic rings. The number of halogens is 4. The Kier molecular flexibility index (Phi) is 3.26. The Balaban J connectivity index is 2.64. The molecule has 0 saturated carbocycles. The van der Waals surface area contributed by atoms with Crippen LogP contribution in [0.1, 0.15) is 0 Å². The fraction of sp³-hybridized carbons (Fsp3) is 0. The minimum atomic E-state index is -0.648. The molecule has 0 fully saturated rings. The van der Waals surface area contributed by atoms with Crippen LogP contribution in [0.2, 0.25) is 5.02 Å². The molecule has 0 aliphatic carbocycles. The minimum absolute atomic E-state index is 0.120. The highest BCUT2D eigenvalue weighted by Crippen LogP contribution is 2.29. The molecule has 0 unspecified atom stereocenters. The monoisotopic (exact) mass is 301 g/mol. The smallest absolute Gasteiger partial charge is 0.135 e. The molecule has 16 heavy (non-hydrogen) atoms. The predicted molar refractivity (Wildman–Crippen MR) is 63.3 cm³/mol. The lowest BCUT2D eigenvalue weighted by Crippen LogP contribution is -1.90. The number of benzene rings is 2. The Morgan fingerprint density at radius 1 is 1.12 bits per heavy atom. The van der Waals surface area contributed by atoms with E-state index in [2.05, 4.69) is 22.0 Å². The van der Waals surface area contributed by atoms with Gasteiger partial charge in [-0.1, -0.05) is 33.6 Å². The van der Waals surface area contributed by atoms with Crippen molar-refractivity contribution in [2.75, 3.05) is 0 Å². The zero-order valence-electron chi connectivity index (χ0n) is 7.90. The summed E-state index contributed by atoms with van der Waals surface area (Å²) in [7, 11) is 0. The third kappa shape index (κ3) is 2.25. The van der Waals surface area contributed by atoms with E-state index in [0.717, 1.165) is 0 Å². The van der Waals surface area contributed by atoms with Crippen LogP contribution in [0, 0.1) is 17.7 Å². The highest BCUT2D eigenvalue weighted by molar-refractivity contribution is 9.10. The Labute approximate surface area is 105 Å². The minimum Gasteiger partial charge on any atom is -0.206 e. The lowest BCUT2D eigenvalue weighted by Gasteiger charge is -2.05. The standard InChI is InChI=1S/C12H5BrClF2/c13-8-5-10(15)12(11(16)6-8)7-2-1-3-9(14)4-7/h1,3-6H. The summed E-state index contributed by atoms with van der Waals surface area (Å²) in [4.78, 5) is 0. The van der Waals surface area contributed by atoms with Crippen molar-refractivity contribution >= 4 is 27.5 Å². The predicted octanol–water partition coefficient (Wildman–Crippen LogP) is 4.85. The van der Waals surface area contributed by atoms with Crippen molar-refractivity contribution in [1.82, 2.24) is 0 Å². The first-order valence-electron chi connectivity index (χ1n) is 4.40. The van der Waals surface area contributed by atoms with E-state index in [0.29, 0.717) is 15.1 Å². The number of hydrogen-bond donors (Lipinski definition) is 0. The molecule has 0 heterocycles. The summed E-state index contributed by atoms with van der Waals surface area (Å²) >= 11 is 8.77. The van der Waals surface area contributed by atoms with Gasteiger partial charge in [0.15, 0.2) is 0 Å². The third-order valence-corrected chi connectivity index (χ3v) is 2.73. The second-order valence-electron chi connectivity index (χ2n) is 3.17. The van der Waals surface area contributed by atoms with Crippen molar-refractivity contribution in [3.63, 3.8) is 0 Å². The van der Waals surface area contributed by atoms with Gasteiger partial charge in [-0.25, -0.2) is 8.78 Å². The quantitative estimate of drug-likeness (QED) is 0.706. The Hall–Kier alpha value is -0.930. The molecule has 0 nitrogen and oxygen atoms in total. The molecule has 0 amide bonds. The molecule has 0 atom stereocenters. The Morgan fingerprint density at radius 2 is 1.75 bits per heavy atom. The maximum absolute atomic E-state index is 13.6. The molecule has 0 spiro atoms. The van der Waals surface area contributed by atoms with Gasteiger partial charge in [-0.15, -0.1) is 0 Å². The van der Waals surface area contributed by atoms with Crippen LogP contribution in [-0.2, 0) is 0 Å². The van der Waals surface area contributed by atoms with E-state index in [-0.39, 0.29) is 5.56 Å². The zero-order valence-corrected chi connectivity index (χ0v) is 10.2. The molecule has 4 heteroatoms. The van der Waals surface area contributed by atoms with Crippen LogP contribution in [0.4, 0.5) is 8.78 Å². The van der Waals surface area contributed by atoms with E-state index >= 15 is 0 Å². The fourth-order valence-electron chi connectivity index (χ4n) is 1.38. The molecule has 0 N–H and O–H groups in total. The van der Waals surface area contributed by atoms with E-state index in [1.165, 1.54) is 24.3 Å². The van der Waals surface area contributed by atoms with Gasteiger partial charge in [-0.2, -0.15) is 0 Å². The van der Waals surface area contributed by atoms with Crippen LogP contribution in [0.3, 0.4) is 0 Å². The maximum atomic E-state index is 13.6. The summed E-state index contributed by atoms with van der Waals surface area (Å²) in [5.41, 5.74) is 0.181. The van der Waals surface area contributed by atoms with E-state index in [9.17, 15) is 8.78 Å². The van der Waals surface area contributed by atoms with E-state index in [1.54, 1.807) is 6.07 Å². The lowest BCUT2D eigenvalue weighted by atomic mass is 10.0.